The third kappa shape index (κ3) is 3.22. The van der Waals surface area contributed by atoms with Gasteiger partial charge in [-0.2, -0.15) is 0 Å². The van der Waals surface area contributed by atoms with Crippen molar-refractivity contribution < 1.29 is 0 Å². The normalized spacial score (nSPS) is 10.6. The maximum Gasteiger partial charge on any atom is 0.0457 e. The smallest absolute Gasteiger partial charge is 0.0457 e. The predicted molar refractivity (Wildman–Crippen MR) is 84.3 cm³/mol. The second-order valence-corrected chi connectivity index (χ2v) is 6.33. The third-order valence-electron chi connectivity index (χ3n) is 2.72. The standard InChI is InChI=1S/C14H13BrClNS/c1-9-13(17)3-2-4-14(9)18-8-10-5-6-11(15)7-12(10)16/h2-7H,8,17H2,1H3. The molecule has 0 atom stereocenters. The Morgan fingerprint density at radius 2 is 2.06 bits per heavy atom. The van der Waals surface area contributed by atoms with Crippen molar-refractivity contribution >= 4 is 45.0 Å². The van der Waals surface area contributed by atoms with Crippen LogP contribution in [0.25, 0.3) is 0 Å². The molecule has 0 aliphatic rings. The van der Waals surface area contributed by atoms with E-state index in [4.69, 9.17) is 17.3 Å². The van der Waals surface area contributed by atoms with E-state index >= 15 is 0 Å². The Bertz CT molecular complexity index is 572. The molecule has 0 aromatic heterocycles. The minimum Gasteiger partial charge on any atom is -0.398 e. The lowest BCUT2D eigenvalue weighted by molar-refractivity contribution is 1.29. The van der Waals surface area contributed by atoms with Gasteiger partial charge in [-0.15, -0.1) is 11.8 Å². The first kappa shape index (κ1) is 13.8. The van der Waals surface area contributed by atoms with Crippen LogP contribution in [0.15, 0.2) is 45.8 Å². The van der Waals surface area contributed by atoms with Gasteiger partial charge < -0.3 is 5.73 Å². The lowest BCUT2D eigenvalue weighted by Crippen LogP contribution is -1.91. The molecular formula is C14H13BrClNS. The number of rotatable bonds is 3. The Labute approximate surface area is 125 Å². The molecule has 0 saturated heterocycles. The number of thioether (sulfide) groups is 1. The Hall–Kier alpha value is -0.640. The number of hydrogen-bond donors (Lipinski definition) is 1. The van der Waals surface area contributed by atoms with Crippen molar-refractivity contribution in [2.24, 2.45) is 0 Å². The van der Waals surface area contributed by atoms with Gasteiger partial charge in [0.15, 0.2) is 0 Å². The van der Waals surface area contributed by atoms with Crippen LogP contribution < -0.4 is 5.73 Å². The summed E-state index contributed by atoms with van der Waals surface area (Å²) < 4.78 is 1.00. The molecule has 4 heteroatoms. The van der Waals surface area contributed by atoms with Gasteiger partial charge in [0.25, 0.3) is 0 Å². The first-order chi connectivity index (χ1) is 8.58. The molecule has 0 bridgehead atoms. The highest BCUT2D eigenvalue weighted by molar-refractivity contribution is 9.10. The summed E-state index contributed by atoms with van der Waals surface area (Å²) in [6.45, 7) is 2.04. The molecule has 0 amide bonds. The predicted octanol–water partition coefficient (Wildman–Crippen LogP) is 5.29. The van der Waals surface area contributed by atoms with Gasteiger partial charge >= 0.3 is 0 Å². The maximum atomic E-state index is 6.20. The van der Waals surface area contributed by atoms with Gasteiger partial charge in [0.05, 0.1) is 0 Å². The molecule has 0 heterocycles. The number of benzene rings is 2. The monoisotopic (exact) mass is 341 g/mol. The number of halogens is 2. The number of nitrogen functional groups attached to an aromatic ring is 1. The molecule has 0 saturated carbocycles. The molecule has 0 radical (unpaired) electrons. The fourth-order valence-corrected chi connectivity index (χ4v) is 3.47. The van der Waals surface area contributed by atoms with E-state index in [1.54, 1.807) is 11.8 Å². The topological polar surface area (TPSA) is 26.0 Å². The summed E-state index contributed by atoms with van der Waals surface area (Å²) in [5.74, 6) is 0.844. The largest absolute Gasteiger partial charge is 0.398 e. The Balaban J connectivity index is 2.14. The molecule has 0 aliphatic carbocycles. The van der Waals surface area contributed by atoms with Crippen LogP contribution in [0.1, 0.15) is 11.1 Å². The van der Waals surface area contributed by atoms with Crippen LogP contribution >= 0.6 is 39.3 Å². The molecule has 0 spiro atoms. The van der Waals surface area contributed by atoms with Gasteiger partial charge in [-0.05, 0) is 42.3 Å². The van der Waals surface area contributed by atoms with Crippen LogP contribution in [-0.2, 0) is 5.75 Å². The van der Waals surface area contributed by atoms with E-state index in [0.29, 0.717) is 0 Å². The minimum atomic E-state index is 0.790. The lowest BCUT2D eigenvalue weighted by atomic mass is 10.2. The van der Waals surface area contributed by atoms with Crippen molar-refractivity contribution in [3.8, 4) is 0 Å². The van der Waals surface area contributed by atoms with Gasteiger partial charge in [-0.25, -0.2) is 0 Å². The summed E-state index contributed by atoms with van der Waals surface area (Å²) in [5, 5.41) is 0.790. The van der Waals surface area contributed by atoms with Crippen molar-refractivity contribution in [1.29, 1.82) is 0 Å². The highest BCUT2D eigenvalue weighted by Crippen LogP contribution is 2.31. The quantitative estimate of drug-likeness (QED) is 0.606. The van der Waals surface area contributed by atoms with E-state index in [9.17, 15) is 0 Å². The van der Waals surface area contributed by atoms with E-state index in [0.717, 1.165) is 32.1 Å². The molecule has 18 heavy (non-hydrogen) atoms. The van der Waals surface area contributed by atoms with Crippen LogP contribution in [0.3, 0.4) is 0 Å². The van der Waals surface area contributed by atoms with Crippen molar-refractivity contribution in [1.82, 2.24) is 0 Å². The third-order valence-corrected chi connectivity index (χ3v) is 4.78. The summed E-state index contributed by atoms with van der Waals surface area (Å²) in [5.41, 5.74) is 8.99. The average Bonchev–Trinajstić information content (AvgIpc) is 2.33. The van der Waals surface area contributed by atoms with Crippen LogP contribution in [0.5, 0.6) is 0 Å². The zero-order chi connectivity index (χ0) is 13.1. The molecular weight excluding hydrogens is 330 g/mol. The van der Waals surface area contributed by atoms with Crippen molar-refractivity contribution in [3.63, 3.8) is 0 Å². The summed E-state index contributed by atoms with van der Waals surface area (Å²) >= 11 is 11.4. The Kier molecular flexibility index (Phi) is 4.60. The zero-order valence-corrected chi connectivity index (χ0v) is 13.1. The van der Waals surface area contributed by atoms with Crippen LogP contribution in [0.2, 0.25) is 5.02 Å². The number of anilines is 1. The maximum absolute atomic E-state index is 6.20. The molecule has 94 valence electrons. The summed E-state index contributed by atoms with van der Waals surface area (Å²) in [6.07, 6.45) is 0. The first-order valence-corrected chi connectivity index (χ1v) is 7.65. The lowest BCUT2D eigenvalue weighted by Gasteiger charge is -2.09. The van der Waals surface area contributed by atoms with E-state index in [1.807, 2.05) is 37.3 Å². The van der Waals surface area contributed by atoms with Crippen LogP contribution in [0, 0.1) is 6.92 Å². The van der Waals surface area contributed by atoms with Gasteiger partial charge in [0.1, 0.15) is 0 Å². The minimum absolute atomic E-state index is 0.790. The fourth-order valence-electron chi connectivity index (χ4n) is 1.58. The van der Waals surface area contributed by atoms with Crippen molar-refractivity contribution in [3.05, 3.63) is 57.0 Å². The molecule has 1 nitrogen and oxygen atoms in total. The van der Waals surface area contributed by atoms with E-state index < -0.39 is 0 Å². The first-order valence-electron chi connectivity index (χ1n) is 5.50. The van der Waals surface area contributed by atoms with Gasteiger partial charge in [0.2, 0.25) is 0 Å². The van der Waals surface area contributed by atoms with Gasteiger partial charge in [-0.3, -0.25) is 0 Å². The summed E-state index contributed by atoms with van der Waals surface area (Å²) in [6, 6.07) is 12.0. The highest BCUT2D eigenvalue weighted by atomic mass is 79.9. The van der Waals surface area contributed by atoms with Crippen molar-refractivity contribution in [2.75, 3.05) is 5.73 Å². The Morgan fingerprint density at radius 1 is 1.28 bits per heavy atom. The second kappa shape index (κ2) is 6.00. The van der Waals surface area contributed by atoms with E-state index in [2.05, 4.69) is 22.0 Å². The fraction of sp³-hybridized carbons (Fsp3) is 0.143. The van der Waals surface area contributed by atoms with Crippen molar-refractivity contribution in [2.45, 2.75) is 17.6 Å². The number of nitrogens with two attached hydrogens (primary N) is 1. The van der Waals surface area contributed by atoms with Gasteiger partial charge in [-0.1, -0.05) is 39.7 Å². The molecule has 2 aromatic rings. The summed E-state index contributed by atoms with van der Waals surface area (Å²) in [7, 11) is 0. The van der Waals surface area contributed by atoms with E-state index in [-0.39, 0.29) is 0 Å². The van der Waals surface area contributed by atoms with Gasteiger partial charge in [0, 0.05) is 25.8 Å². The van der Waals surface area contributed by atoms with E-state index in [1.165, 1.54) is 4.90 Å². The highest BCUT2D eigenvalue weighted by Gasteiger charge is 2.05. The summed E-state index contributed by atoms with van der Waals surface area (Å²) in [4.78, 5) is 1.20. The molecule has 2 aromatic carbocycles. The Morgan fingerprint density at radius 3 is 2.78 bits per heavy atom. The zero-order valence-electron chi connectivity index (χ0n) is 9.91. The molecule has 0 aliphatic heterocycles. The molecule has 0 unspecified atom stereocenters. The second-order valence-electron chi connectivity index (χ2n) is 3.99. The molecule has 2 N–H and O–H groups in total. The van der Waals surface area contributed by atoms with Crippen LogP contribution in [-0.4, -0.2) is 0 Å². The average molecular weight is 343 g/mol. The molecule has 2 rings (SSSR count). The number of hydrogen-bond acceptors (Lipinski definition) is 2. The SMILES string of the molecule is Cc1c(N)cccc1SCc1ccc(Br)cc1Cl. The van der Waals surface area contributed by atoms with Crippen LogP contribution in [0.4, 0.5) is 5.69 Å². The molecule has 0 fully saturated rings.